The summed E-state index contributed by atoms with van der Waals surface area (Å²) in [5.41, 5.74) is 3.89. The summed E-state index contributed by atoms with van der Waals surface area (Å²) < 4.78 is 0. The van der Waals surface area contributed by atoms with Gasteiger partial charge >= 0.3 is 26.2 Å². The predicted molar refractivity (Wildman–Crippen MR) is 177 cm³/mol. The van der Waals surface area contributed by atoms with Crippen LogP contribution in [0.5, 0.6) is 0 Å². The van der Waals surface area contributed by atoms with Gasteiger partial charge in [0.15, 0.2) is 0 Å². The zero-order valence-electron chi connectivity index (χ0n) is 25.8. The molecule has 0 radical (unpaired) electrons. The summed E-state index contributed by atoms with van der Waals surface area (Å²) >= 11 is 0. The van der Waals surface area contributed by atoms with E-state index in [-0.39, 0.29) is 51.8 Å². The molecular formula is C32H49N3Si3Zr. The van der Waals surface area contributed by atoms with Crippen molar-refractivity contribution in [2.75, 3.05) is 0 Å². The van der Waals surface area contributed by atoms with Crippen LogP contribution in [0.4, 0.5) is 0 Å². The summed E-state index contributed by atoms with van der Waals surface area (Å²) in [6.45, 7) is 21.7. The van der Waals surface area contributed by atoms with E-state index in [1.54, 1.807) is 0 Å². The minimum Gasteiger partial charge on any atom is -0.659 e. The minimum absolute atomic E-state index is 0. The number of rotatable bonds is 12. The molecule has 0 amide bonds. The summed E-state index contributed by atoms with van der Waals surface area (Å²) in [6.07, 6.45) is 0. The van der Waals surface area contributed by atoms with Crippen LogP contribution >= 0.6 is 0 Å². The maximum Gasteiger partial charge on any atom is 4.00 e. The van der Waals surface area contributed by atoms with Crippen LogP contribution in [0.1, 0.15) is 55.6 Å². The van der Waals surface area contributed by atoms with E-state index in [4.69, 9.17) is 14.9 Å². The van der Waals surface area contributed by atoms with Crippen LogP contribution in [0.2, 0.25) is 44.1 Å². The average Bonchev–Trinajstić information content (AvgIpc) is 2.84. The van der Waals surface area contributed by atoms with Crippen LogP contribution in [0.25, 0.3) is 14.9 Å². The zero-order valence-corrected chi connectivity index (χ0v) is 31.3. The van der Waals surface area contributed by atoms with Gasteiger partial charge in [-0.2, -0.15) is 0 Å². The Balaban J connectivity index is 0.00000380. The fourth-order valence-corrected chi connectivity index (χ4v) is 32.7. The molecule has 0 aliphatic heterocycles. The smallest absolute Gasteiger partial charge is 0.659 e. The second kappa shape index (κ2) is 15.3. The Bertz CT molecular complexity index is 954. The summed E-state index contributed by atoms with van der Waals surface area (Å²) in [5.74, 6) is 0. The van der Waals surface area contributed by atoms with E-state index in [1.165, 1.54) is 16.7 Å². The van der Waals surface area contributed by atoms with Crippen LogP contribution in [0.15, 0.2) is 91.0 Å². The molecule has 3 atom stereocenters. The zero-order chi connectivity index (χ0) is 27.3. The van der Waals surface area contributed by atoms with Crippen molar-refractivity contribution >= 4 is 24.7 Å². The molecule has 3 aromatic carbocycles. The standard InChI is InChI=1S/C31H46N3Si3.CH3.Zr/c1-25(28-19-13-10-14-20-28)32-35(4,5)31(36(6,7)33-26(2)29-21-15-11-16-22-29)37(8,9)34-27(3)30-23-17-12-18-24-30;;/h10-27,31H,1-9H3;1H3;/q-3;-1;+4/t25-,26-,27-;;/m0../s1. The molecule has 0 unspecified atom stereocenters. The number of hydrogen-bond donors (Lipinski definition) is 0. The number of hydrogen-bond acceptors (Lipinski definition) is 0. The average molecular weight is 651 g/mol. The van der Waals surface area contributed by atoms with Gasteiger partial charge in [-0.25, -0.2) is 0 Å². The first-order valence-electron chi connectivity index (χ1n) is 13.6. The number of nitrogens with zero attached hydrogens (tertiary/aromatic N) is 3. The Hall–Kier alpha value is -0.926. The molecule has 208 valence electrons. The summed E-state index contributed by atoms with van der Waals surface area (Å²) in [4.78, 5) is 17.4. The molecule has 0 saturated carbocycles. The van der Waals surface area contributed by atoms with E-state index in [0.717, 1.165) is 0 Å². The van der Waals surface area contributed by atoms with Gasteiger partial charge in [-0.3, -0.25) is 0 Å². The number of benzene rings is 3. The molecule has 0 bridgehead atoms. The molecule has 0 aliphatic carbocycles. The third kappa shape index (κ3) is 9.84. The molecule has 0 aromatic heterocycles. The van der Waals surface area contributed by atoms with Crippen molar-refractivity contribution in [1.82, 2.24) is 0 Å². The molecule has 0 N–H and O–H groups in total. The first-order valence-corrected chi connectivity index (χ1v) is 22.7. The van der Waals surface area contributed by atoms with E-state index in [9.17, 15) is 0 Å². The first kappa shape index (κ1) is 36.1. The van der Waals surface area contributed by atoms with Crippen molar-refractivity contribution in [3.05, 3.63) is 130 Å². The first-order chi connectivity index (χ1) is 17.3. The van der Waals surface area contributed by atoms with Crippen molar-refractivity contribution in [2.24, 2.45) is 0 Å². The molecular weight excluding hydrogens is 602 g/mol. The molecule has 7 heteroatoms. The third-order valence-corrected chi connectivity index (χ3v) is 27.7. The SMILES string of the molecule is C[C@H]([N-][Si](C)(C)C([Si](C)(C)[N-][C@@H](C)c1ccccc1)[Si](C)(C)[N-][C@@H](C)c1ccccc1)c1ccccc1.[CH3-].[Zr+4]. The molecule has 0 aliphatic rings. The normalized spacial score (nSPS) is 14.6. The molecule has 3 nitrogen and oxygen atoms in total. The van der Waals surface area contributed by atoms with E-state index in [2.05, 4.69) is 151 Å². The fraction of sp³-hybridized carbons (Fsp3) is 0.406. The quantitative estimate of drug-likeness (QED) is 0.138. The third-order valence-electron chi connectivity index (χ3n) is 7.54. The van der Waals surface area contributed by atoms with Crippen LogP contribution in [-0.2, 0) is 26.2 Å². The van der Waals surface area contributed by atoms with Crippen molar-refractivity contribution < 1.29 is 26.2 Å². The van der Waals surface area contributed by atoms with Gasteiger partial charge in [0.2, 0.25) is 0 Å². The van der Waals surface area contributed by atoms with Crippen LogP contribution in [0.3, 0.4) is 0 Å². The second-order valence-corrected chi connectivity index (χ2v) is 26.2. The van der Waals surface area contributed by atoms with Gasteiger partial charge in [0.1, 0.15) is 0 Å². The van der Waals surface area contributed by atoms with Gasteiger partial charge < -0.3 is 22.4 Å². The van der Waals surface area contributed by atoms with Crippen molar-refractivity contribution in [3.63, 3.8) is 0 Å². The van der Waals surface area contributed by atoms with Gasteiger partial charge in [0, 0.05) is 0 Å². The second-order valence-electron chi connectivity index (χ2n) is 12.0. The van der Waals surface area contributed by atoms with Crippen LogP contribution in [-0.4, -0.2) is 24.7 Å². The predicted octanol–water partition coefficient (Wildman–Crippen LogP) is 10.9. The van der Waals surface area contributed by atoms with Crippen LogP contribution in [0, 0.1) is 7.43 Å². The Morgan fingerprint density at radius 1 is 0.436 bits per heavy atom. The maximum atomic E-state index is 5.66. The van der Waals surface area contributed by atoms with Crippen molar-refractivity contribution in [3.8, 4) is 0 Å². The molecule has 3 aromatic rings. The van der Waals surface area contributed by atoms with Gasteiger partial charge in [0.05, 0.1) is 0 Å². The Morgan fingerprint density at radius 2 is 0.641 bits per heavy atom. The molecule has 0 fully saturated rings. The summed E-state index contributed by atoms with van der Waals surface area (Å²) in [5, 5.41) is 0. The van der Waals surface area contributed by atoms with E-state index in [0.29, 0.717) is 4.79 Å². The van der Waals surface area contributed by atoms with Crippen molar-refractivity contribution in [2.45, 2.75) is 83.0 Å². The maximum absolute atomic E-state index is 5.66. The van der Waals surface area contributed by atoms with Gasteiger partial charge in [-0.05, 0) is 0 Å². The van der Waals surface area contributed by atoms with Gasteiger partial charge in [-0.1, -0.05) is 192 Å². The van der Waals surface area contributed by atoms with E-state index in [1.807, 2.05) is 0 Å². The largest absolute Gasteiger partial charge is 4.00 e. The van der Waals surface area contributed by atoms with E-state index >= 15 is 0 Å². The Labute approximate surface area is 262 Å². The topological polar surface area (TPSA) is 42.3 Å². The molecule has 0 heterocycles. The Kier molecular flexibility index (Phi) is 14.2. The van der Waals surface area contributed by atoms with Crippen LogP contribution < -0.4 is 0 Å². The molecule has 39 heavy (non-hydrogen) atoms. The Morgan fingerprint density at radius 3 is 0.846 bits per heavy atom. The van der Waals surface area contributed by atoms with E-state index < -0.39 is 24.7 Å². The van der Waals surface area contributed by atoms with Crippen molar-refractivity contribution in [1.29, 1.82) is 0 Å². The molecule has 0 spiro atoms. The fourth-order valence-electron chi connectivity index (χ4n) is 6.73. The molecule has 0 saturated heterocycles. The summed E-state index contributed by atoms with van der Waals surface area (Å²) in [6, 6.07) is 32.8. The monoisotopic (exact) mass is 649 g/mol. The minimum atomic E-state index is -2.12. The van der Waals surface area contributed by atoms with Gasteiger partial charge in [-0.15, -0.1) is 22.9 Å². The van der Waals surface area contributed by atoms with Gasteiger partial charge in [0.25, 0.3) is 0 Å². The summed E-state index contributed by atoms with van der Waals surface area (Å²) in [7, 11) is -6.37. The molecule has 3 rings (SSSR count).